The number of Topliss-reactive ketones (excluding diaryl/α,β-unsaturated/α-hetero) is 1. The van der Waals surface area contributed by atoms with Crippen LogP contribution in [0.25, 0.3) is 0 Å². The van der Waals surface area contributed by atoms with Gasteiger partial charge in [-0.3, -0.25) is 4.79 Å². The molecule has 0 heterocycles. The molecule has 2 rings (SSSR count). The first-order chi connectivity index (χ1) is 9.43. The Labute approximate surface area is 123 Å². The van der Waals surface area contributed by atoms with E-state index in [1.165, 1.54) is 13.0 Å². The Morgan fingerprint density at radius 1 is 1.14 bits per heavy atom. The van der Waals surface area contributed by atoms with Crippen LogP contribution in [0, 0.1) is 5.41 Å². The summed E-state index contributed by atoms with van der Waals surface area (Å²) in [5.74, 6) is -0.325. The number of carbonyl (C=O) groups excluding carboxylic acids is 1. The molecule has 21 heavy (non-hydrogen) atoms. The quantitative estimate of drug-likeness (QED) is 0.685. The maximum Gasteiger partial charge on any atom is 0.416 e. The van der Waals surface area contributed by atoms with Crippen molar-refractivity contribution in [3.05, 3.63) is 34.9 Å². The van der Waals surface area contributed by atoms with Crippen LogP contribution >= 0.6 is 0 Å². The Kier molecular flexibility index (Phi) is 3.71. The molecule has 116 valence electrons. The summed E-state index contributed by atoms with van der Waals surface area (Å²) < 4.78 is 39.1. The van der Waals surface area contributed by atoms with E-state index in [-0.39, 0.29) is 22.2 Å². The van der Waals surface area contributed by atoms with E-state index in [2.05, 4.69) is 20.8 Å². The average Bonchev–Trinajstić information content (AvgIpc) is 3.05. The summed E-state index contributed by atoms with van der Waals surface area (Å²) in [7, 11) is 0. The first-order valence-corrected chi connectivity index (χ1v) is 7.17. The largest absolute Gasteiger partial charge is 0.416 e. The van der Waals surface area contributed by atoms with Gasteiger partial charge in [-0.25, -0.2) is 0 Å². The molecule has 0 saturated heterocycles. The third-order valence-corrected chi connectivity index (χ3v) is 4.00. The number of hydrogen-bond acceptors (Lipinski definition) is 1. The van der Waals surface area contributed by atoms with Gasteiger partial charge in [-0.2, -0.15) is 13.2 Å². The minimum absolute atomic E-state index is 0.0428. The maximum atomic E-state index is 13.0. The average molecular weight is 298 g/mol. The van der Waals surface area contributed by atoms with E-state index in [1.807, 2.05) is 0 Å². The van der Waals surface area contributed by atoms with Crippen LogP contribution in [0.4, 0.5) is 13.2 Å². The maximum absolute atomic E-state index is 13.0. The van der Waals surface area contributed by atoms with Crippen LogP contribution in [-0.4, -0.2) is 5.78 Å². The van der Waals surface area contributed by atoms with Gasteiger partial charge in [0, 0.05) is 5.56 Å². The van der Waals surface area contributed by atoms with E-state index in [0.717, 1.165) is 25.3 Å². The van der Waals surface area contributed by atoms with E-state index < -0.39 is 11.7 Å². The van der Waals surface area contributed by atoms with Gasteiger partial charge in [0.05, 0.1) is 5.56 Å². The second-order valence-electron chi connectivity index (χ2n) is 7.37. The molecule has 1 aromatic rings. The van der Waals surface area contributed by atoms with Crippen molar-refractivity contribution in [1.82, 2.24) is 0 Å². The van der Waals surface area contributed by atoms with Crippen molar-refractivity contribution in [2.45, 2.75) is 58.5 Å². The fraction of sp³-hybridized carbons (Fsp3) is 0.588. The minimum atomic E-state index is -4.42. The minimum Gasteiger partial charge on any atom is -0.295 e. The third-order valence-electron chi connectivity index (χ3n) is 4.00. The van der Waals surface area contributed by atoms with Gasteiger partial charge < -0.3 is 0 Å². The molecule has 1 fully saturated rings. The van der Waals surface area contributed by atoms with Gasteiger partial charge >= 0.3 is 6.18 Å². The molecule has 0 atom stereocenters. The van der Waals surface area contributed by atoms with Crippen molar-refractivity contribution in [2.24, 2.45) is 5.41 Å². The van der Waals surface area contributed by atoms with E-state index >= 15 is 0 Å². The fourth-order valence-electron chi connectivity index (χ4n) is 3.03. The van der Waals surface area contributed by atoms with Crippen LogP contribution < -0.4 is 0 Å². The molecule has 0 aromatic heterocycles. The zero-order valence-corrected chi connectivity index (χ0v) is 12.9. The lowest BCUT2D eigenvalue weighted by molar-refractivity contribution is -0.137. The molecule has 0 radical (unpaired) electrons. The van der Waals surface area contributed by atoms with Crippen molar-refractivity contribution < 1.29 is 18.0 Å². The van der Waals surface area contributed by atoms with Gasteiger partial charge in [0.2, 0.25) is 0 Å². The third kappa shape index (κ3) is 3.66. The number of rotatable bonds is 3. The summed E-state index contributed by atoms with van der Waals surface area (Å²) in [6, 6.07) is 3.83. The van der Waals surface area contributed by atoms with Gasteiger partial charge in [-0.15, -0.1) is 0 Å². The lowest BCUT2D eigenvalue weighted by Gasteiger charge is -2.27. The van der Waals surface area contributed by atoms with Crippen molar-refractivity contribution >= 4 is 5.78 Å². The number of carbonyl (C=O) groups is 1. The van der Waals surface area contributed by atoms with E-state index in [9.17, 15) is 18.0 Å². The lowest BCUT2D eigenvalue weighted by Crippen LogP contribution is -2.19. The number of ketones is 1. The zero-order valence-electron chi connectivity index (χ0n) is 12.9. The molecule has 0 bridgehead atoms. The molecular weight excluding hydrogens is 277 g/mol. The molecule has 0 aliphatic heterocycles. The second-order valence-corrected chi connectivity index (χ2v) is 7.37. The zero-order chi connectivity index (χ0) is 16.1. The first kappa shape index (κ1) is 16.1. The summed E-state index contributed by atoms with van der Waals surface area (Å²) in [5.41, 5.74) is -0.0481. The SMILES string of the molecule is CC(=O)c1cc(C(F)(F)F)cc(C2(CC(C)(C)C)CC2)c1. The highest BCUT2D eigenvalue weighted by Crippen LogP contribution is 2.55. The number of hydrogen-bond donors (Lipinski definition) is 0. The monoisotopic (exact) mass is 298 g/mol. The number of halogens is 3. The summed E-state index contributed by atoms with van der Waals surface area (Å²) in [6.45, 7) is 7.58. The van der Waals surface area contributed by atoms with Crippen molar-refractivity contribution in [1.29, 1.82) is 0 Å². The first-order valence-electron chi connectivity index (χ1n) is 7.17. The van der Waals surface area contributed by atoms with Crippen molar-refractivity contribution in [2.75, 3.05) is 0 Å². The van der Waals surface area contributed by atoms with Crippen molar-refractivity contribution in [3.63, 3.8) is 0 Å². The molecule has 0 N–H and O–H groups in total. The summed E-state index contributed by atoms with van der Waals surface area (Å²) >= 11 is 0. The van der Waals surface area contributed by atoms with Crippen LogP contribution in [-0.2, 0) is 11.6 Å². The Bertz CT molecular complexity index is 560. The lowest BCUT2D eigenvalue weighted by atomic mass is 9.78. The number of alkyl halides is 3. The van der Waals surface area contributed by atoms with Crippen LogP contribution in [0.2, 0.25) is 0 Å². The van der Waals surface area contributed by atoms with Crippen LogP contribution in [0.15, 0.2) is 18.2 Å². The van der Waals surface area contributed by atoms with Gasteiger partial charge in [0.15, 0.2) is 5.78 Å². The summed E-state index contributed by atoms with van der Waals surface area (Å²) in [4.78, 5) is 11.5. The standard InChI is InChI=1S/C17H21F3O/c1-11(21)12-7-13(9-14(8-12)17(18,19)20)16(5-6-16)10-15(2,3)4/h7-9H,5-6,10H2,1-4H3. The molecule has 1 aliphatic rings. The Balaban J connectivity index is 2.49. The second kappa shape index (κ2) is 4.85. The predicted molar refractivity (Wildman–Crippen MR) is 76.4 cm³/mol. The number of benzene rings is 1. The van der Waals surface area contributed by atoms with E-state index in [1.54, 1.807) is 6.07 Å². The molecular formula is C17H21F3O. The highest BCUT2D eigenvalue weighted by molar-refractivity contribution is 5.94. The molecule has 0 unspecified atom stereocenters. The Morgan fingerprint density at radius 2 is 1.71 bits per heavy atom. The smallest absolute Gasteiger partial charge is 0.295 e. The molecule has 4 heteroatoms. The van der Waals surface area contributed by atoms with Gasteiger partial charge in [0.1, 0.15) is 0 Å². The van der Waals surface area contributed by atoms with Gasteiger partial charge in [0.25, 0.3) is 0 Å². The summed E-state index contributed by atoms with van der Waals surface area (Å²) in [5, 5.41) is 0. The highest BCUT2D eigenvalue weighted by Gasteiger charge is 2.47. The van der Waals surface area contributed by atoms with Crippen LogP contribution in [0.3, 0.4) is 0 Å². The van der Waals surface area contributed by atoms with Crippen LogP contribution in [0.5, 0.6) is 0 Å². The Hall–Kier alpha value is -1.32. The van der Waals surface area contributed by atoms with Crippen LogP contribution in [0.1, 0.15) is 68.4 Å². The topological polar surface area (TPSA) is 17.1 Å². The van der Waals surface area contributed by atoms with Crippen molar-refractivity contribution in [3.8, 4) is 0 Å². The highest BCUT2D eigenvalue weighted by atomic mass is 19.4. The molecule has 1 nitrogen and oxygen atoms in total. The normalized spacial score (nSPS) is 17.7. The predicted octanol–water partition coefficient (Wildman–Crippen LogP) is 5.38. The Morgan fingerprint density at radius 3 is 2.10 bits per heavy atom. The molecule has 1 aliphatic carbocycles. The molecule has 1 saturated carbocycles. The molecule has 0 spiro atoms. The van der Waals surface area contributed by atoms with E-state index in [0.29, 0.717) is 5.56 Å². The molecule has 1 aromatic carbocycles. The van der Waals surface area contributed by atoms with Gasteiger partial charge in [-0.05, 0) is 60.8 Å². The molecule has 0 amide bonds. The van der Waals surface area contributed by atoms with Gasteiger partial charge in [-0.1, -0.05) is 20.8 Å². The fourth-order valence-corrected chi connectivity index (χ4v) is 3.03. The summed E-state index contributed by atoms with van der Waals surface area (Å²) in [6.07, 6.45) is -1.80. The van der Waals surface area contributed by atoms with E-state index in [4.69, 9.17) is 0 Å².